The van der Waals surface area contributed by atoms with E-state index in [0.29, 0.717) is 18.1 Å². The van der Waals surface area contributed by atoms with E-state index >= 15 is 0 Å². The van der Waals surface area contributed by atoms with Crippen molar-refractivity contribution in [3.63, 3.8) is 0 Å². The first-order valence-corrected chi connectivity index (χ1v) is 12.0. The first kappa shape index (κ1) is 26.0. The fourth-order valence-corrected chi connectivity index (χ4v) is 4.75. The van der Waals surface area contributed by atoms with Crippen molar-refractivity contribution in [3.05, 3.63) is 33.8 Å². The Balaban J connectivity index is 2.02. The normalized spacial score (nSPS) is 20.6. The monoisotopic (exact) mass is 487 g/mol. The van der Waals surface area contributed by atoms with E-state index in [1.807, 2.05) is 27.7 Å². The highest BCUT2D eigenvalue weighted by molar-refractivity contribution is 8.01. The lowest BCUT2D eigenvalue weighted by atomic mass is 9.65. The number of thioether (sulfide) groups is 1. The van der Waals surface area contributed by atoms with Gasteiger partial charge in [0.2, 0.25) is 0 Å². The molecular formula is C21H28BCl2NO5S. The average Bonchev–Trinajstić information content (AvgIpc) is 2.69. The third kappa shape index (κ3) is 8.33. The summed E-state index contributed by atoms with van der Waals surface area (Å²) in [5.41, 5.74) is 0.207. The zero-order valence-electron chi connectivity index (χ0n) is 18.2. The maximum absolute atomic E-state index is 12.7. The topological polar surface area (TPSA) is 81.7 Å². The van der Waals surface area contributed by atoms with Gasteiger partial charge in [-0.25, -0.2) is 0 Å². The van der Waals surface area contributed by atoms with E-state index in [1.165, 1.54) is 23.9 Å². The van der Waals surface area contributed by atoms with Crippen LogP contribution in [0.4, 0.5) is 0 Å². The van der Waals surface area contributed by atoms with Gasteiger partial charge in [-0.3, -0.25) is 14.4 Å². The Morgan fingerprint density at radius 2 is 2.00 bits per heavy atom. The number of halogens is 2. The van der Waals surface area contributed by atoms with Crippen LogP contribution >= 0.6 is 35.0 Å². The Bertz CT molecular complexity index is 810. The van der Waals surface area contributed by atoms with Gasteiger partial charge in [-0.2, -0.15) is 0 Å². The molecule has 1 N–H and O–H groups in total. The summed E-state index contributed by atoms with van der Waals surface area (Å²) >= 11 is 13.5. The van der Waals surface area contributed by atoms with E-state index < -0.39 is 13.0 Å². The molecule has 0 spiro atoms. The van der Waals surface area contributed by atoms with Crippen LogP contribution in [0.2, 0.25) is 15.9 Å². The van der Waals surface area contributed by atoms with Crippen LogP contribution in [-0.2, 0) is 18.9 Å². The number of rotatable bonds is 8. The minimum Gasteiger partial charge on any atom is -0.508 e. The lowest BCUT2D eigenvalue weighted by molar-refractivity contribution is -0.135. The number of hydrogen-bond acceptors (Lipinski definition) is 6. The molecule has 170 valence electrons. The van der Waals surface area contributed by atoms with Gasteiger partial charge in [-0.05, 0) is 37.5 Å². The molecule has 6 nitrogen and oxygen atoms in total. The highest BCUT2D eigenvalue weighted by Crippen LogP contribution is 2.30. The van der Waals surface area contributed by atoms with Crippen molar-refractivity contribution in [3.8, 4) is 0 Å². The minimum absolute atomic E-state index is 0.121. The molecule has 0 radical (unpaired) electrons. The van der Waals surface area contributed by atoms with Gasteiger partial charge in [0, 0.05) is 29.1 Å². The number of hydrogen-bond donors (Lipinski definition) is 1. The molecule has 0 aliphatic carbocycles. The van der Waals surface area contributed by atoms with Crippen LogP contribution in [0.25, 0.3) is 0 Å². The van der Waals surface area contributed by atoms with Crippen LogP contribution in [0.15, 0.2) is 18.2 Å². The van der Waals surface area contributed by atoms with Crippen molar-refractivity contribution < 1.29 is 23.7 Å². The van der Waals surface area contributed by atoms with Crippen molar-refractivity contribution in [2.45, 2.75) is 56.9 Å². The van der Waals surface area contributed by atoms with Gasteiger partial charge >= 0.3 is 13.1 Å². The van der Waals surface area contributed by atoms with Crippen LogP contribution < -0.4 is 5.32 Å². The Labute approximate surface area is 198 Å². The van der Waals surface area contributed by atoms with Crippen LogP contribution in [-0.4, -0.2) is 48.4 Å². The number of nitrogens with one attached hydrogen (secondary N) is 1. The van der Waals surface area contributed by atoms with Gasteiger partial charge < -0.3 is 14.6 Å². The summed E-state index contributed by atoms with van der Waals surface area (Å²) in [4.78, 5) is 37.4. The summed E-state index contributed by atoms with van der Waals surface area (Å²) in [6, 6.07) is 4.56. The third-order valence-electron chi connectivity index (χ3n) is 4.76. The largest absolute Gasteiger partial charge is 0.531 e. The Morgan fingerprint density at radius 1 is 1.29 bits per heavy atom. The fraction of sp³-hybridized carbons (Fsp3) is 0.571. The molecule has 1 heterocycles. The van der Waals surface area contributed by atoms with Crippen molar-refractivity contribution in [1.82, 2.24) is 5.32 Å². The van der Waals surface area contributed by atoms with E-state index in [4.69, 9.17) is 32.5 Å². The molecule has 1 aliphatic rings. The summed E-state index contributed by atoms with van der Waals surface area (Å²) in [5, 5.41) is 3.07. The second-order valence-corrected chi connectivity index (χ2v) is 10.8. The zero-order valence-corrected chi connectivity index (χ0v) is 20.5. The Kier molecular flexibility index (Phi) is 10.2. The van der Waals surface area contributed by atoms with Gasteiger partial charge in [0.15, 0.2) is 5.78 Å². The maximum Gasteiger partial charge on any atom is 0.531 e. The molecule has 1 aromatic rings. The smallest absolute Gasteiger partial charge is 0.508 e. The number of ketones is 1. The Morgan fingerprint density at radius 3 is 2.68 bits per heavy atom. The molecule has 1 amide bonds. The van der Waals surface area contributed by atoms with Crippen molar-refractivity contribution in [2.75, 3.05) is 13.2 Å². The summed E-state index contributed by atoms with van der Waals surface area (Å²) < 4.78 is 11.5. The van der Waals surface area contributed by atoms with Crippen molar-refractivity contribution in [2.24, 2.45) is 5.92 Å². The van der Waals surface area contributed by atoms with Crippen LogP contribution in [0.1, 0.15) is 50.9 Å². The SMILES string of the molecule is CC(C)C[C@H](CC(=O)CNC(=O)c1cc(Cl)ccc1Cl)B1OC[C@@H](C)S[C@H](C)C(=O)O1. The van der Waals surface area contributed by atoms with E-state index in [9.17, 15) is 14.4 Å². The van der Waals surface area contributed by atoms with E-state index in [2.05, 4.69) is 5.32 Å². The van der Waals surface area contributed by atoms with Crippen LogP contribution in [0.5, 0.6) is 0 Å². The van der Waals surface area contributed by atoms with E-state index in [0.717, 1.165) is 0 Å². The predicted molar refractivity (Wildman–Crippen MR) is 126 cm³/mol. The van der Waals surface area contributed by atoms with Gasteiger partial charge in [-0.15, -0.1) is 11.8 Å². The number of amides is 1. The highest BCUT2D eigenvalue weighted by atomic mass is 35.5. The first-order valence-electron chi connectivity index (χ1n) is 10.3. The summed E-state index contributed by atoms with van der Waals surface area (Å²) in [7, 11) is -0.789. The standard InChI is InChI=1S/C21H28BCl2NO5S/c1-12(2)7-15(22-29-11-13(3)31-14(4)21(28)30-22)8-17(26)10-25-20(27)18-9-16(23)5-6-19(18)24/h5-6,9,12-15H,7-8,10-11H2,1-4H3,(H,25,27)/t13-,14-,15-/m1/s1. The fourth-order valence-electron chi connectivity index (χ4n) is 3.36. The lowest BCUT2D eigenvalue weighted by Gasteiger charge is -2.29. The van der Waals surface area contributed by atoms with Gasteiger partial charge in [-0.1, -0.05) is 44.0 Å². The molecule has 1 fully saturated rings. The number of carbonyl (C=O) groups is 3. The summed E-state index contributed by atoms with van der Waals surface area (Å²) in [6.45, 7) is 8.14. The second kappa shape index (κ2) is 12.1. The molecule has 1 aliphatic heterocycles. The van der Waals surface area contributed by atoms with Gasteiger partial charge in [0.25, 0.3) is 5.91 Å². The zero-order chi connectivity index (χ0) is 23.1. The highest BCUT2D eigenvalue weighted by Gasteiger charge is 2.39. The van der Waals surface area contributed by atoms with Crippen molar-refractivity contribution >= 4 is 59.7 Å². The molecule has 1 saturated heterocycles. The number of carbonyl (C=O) groups excluding carboxylic acids is 3. The Hall–Kier alpha value is -1.22. The lowest BCUT2D eigenvalue weighted by Crippen LogP contribution is -2.40. The first-order chi connectivity index (χ1) is 14.6. The predicted octanol–water partition coefficient (Wildman–Crippen LogP) is 4.67. The molecule has 31 heavy (non-hydrogen) atoms. The molecule has 0 saturated carbocycles. The minimum atomic E-state index is -0.789. The van der Waals surface area contributed by atoms with Crippen LogP contribution in [0.3, 0.4) is 0 Å². The quantitative estimate of drug-likeness (QED) is 0.536. The number of benzene rings is 1. The molecule has 0 bridgehead atoms. The molecule has 0 unspecified atom stereocenters. The molecule has 10 heteroatoms. The van der Waals surface area contributed by atoms with Gasteiger partial charge in [0.1, 0.15) is 0 Å². The molecular weight excluding hydrogens is 460 g/mol. The number of Topliss-reactive ketones (excluding diaryl/α,β-unsaturated/α-hetero) is 1. The van der Waals surface area contributed by atoms with Crippen molar-refractivity contribution in [1.29, 1.82) is 0 Å². The molecule has 2 rings (SSSR count). The molecule has 0 aromatic heterocycles. The summed E-state index contributed by atoms with van der Waals surface area (Å²) in [6.07, 6.45) is 0.767. The molecule has 1 aromatic carbocycles. The van der Waals surface area contributed by atoms with E-state index in [-0.39, 0.29) is 57.5 Å². The second-order valence-electron chi connectivity index (χ2n) is 8.17. The third-order valence-corrected chi connectivity index (χ3v) is 6.53. The summed E-state index contributed by atoms with van der Waals surface area (Å²) in [5.74, 6) is -1.03. The van der Waals surface area contributed by atoms with Crippen LogP contribution in [0, 0.1) is 5.92 Å². The maximum atomic E-state index is 12.7. The van der Waals surface area contributed by atoms with E-state index in [1.54, 1.807) is 6.07 Å². The molecule has 3 atom stereocenters. The van der Waals surface area contributed by atoms with Gasteiger partial charge in [0.05, 0.1) is 22.4 Å². The average molecular weight is 488 g/mol.